The fourth-order valence-corrected chi connectivity index (χ4v) is 8.91. The maximum atomic E-state index is 13.4. The molecule has 1 spiro atoms. The quantitative estimate of drug-likeness (QED) is 0.139. The van der Waals surface area contributed by atoms with E-state index in [1.807, 2.05) is 30.3 Å². The molecular formula is C44H25NO2. The standard InChI is InChI=1S/C44H25NO2/c46-43-34-25-26(21-22-27(34)31-14-5-10-20-40(31)47-43)45-39-19-9-4-13-30(39)32-23-24-38-41(42(32)45)33-15-3-8-18-37(33)44(38)35-16-6-1-11-28(35)29-12-2-7-17-36(29)44/h1-25H. The van der Waals surface area contributed by atoms with Gasteiger partial charge in [0.25, 0.3) is 0 Å². The third-order valence-corrected chi connectivity index (χ3v) is 10.7. The van der Waals surface area contributed by atoms with Gasteiger partial charge in [-0.1, -0.05) is 127 Å². The van der Waals surface area contributed by atoms with Crippen molar-refractivity contribution in [2.75, 3.05) is 0 Å². The van der Waals surface area contributed by atoms with Gasteiger partial charge in [-0.25, -0.2) is 4.79 Å². The number of nitrogens with zero attached hydrogens (tertiary/aromatic N) is 1. The van der Waals surface area contributed by atoms with Gasteiger partial charge >= 0.3 is 5.63 Å². The van der Waals surface area contributed by atoms with Crippen LogP contribution in [0, 0.1) is 0 Å². The highest BCUT2D eigenvalue weighted by Gasteiger charge is 2.52. The van der Waals surface area contributed by atoms with Crippen molar-refractivity contribution in [1.29, 1.82) is 0 Å². The Morgan fingerprint density at radius 3 is 1.83 bits per heavy atom. The molecule has 7 aromatic carbocycles. The number of hydrogen-bond acceptors (Lipinski definition) is 2. The molecule has 0 amide bonds. The topological polar surface area (TPSA) is 35.1 Å². The number of para-hydroxylation sites is 2. The highest BCUT2D eigenvalue weighted by atomic mass is 16.4. The molecule has 2 heterocycles. The Morgan fingerprint density at radius 1 is 0.468 bits per heavy atom. The van der Waals surface area contributed by atoms with Crippen LogP contribution in [0.4, 0.5) is 0 Å². The average molecular weight is 600 g/mol. The van der Waals surface area contributed by atoms with E-state index < -0.39 is 5.41 Å². The fourth-order valence-electron chi connectivity index (χ4n) is 8.91. The van der Waals surface area contributed by atoms with Crippen molar-refractivity contribution < 1.29 is 4.42 Å². The molecule has 0 fully saturated rings. The van der Waals surface area contributed by atoms with Crippen molar-refractivity contribution >= 4 is 43.5 Å². The first-order valence-electron chi connectivity index (χ1n) is 16.1. The van der Waals surface area contributed by atoms with Crippen LogP contribution in [0.1, 0.15) is 22.3 Å². The van der Waals surface area contributed by atoms with Gasteiger partial charge in [0.1, 0.15) is 5.58 Å². The molecule has 0 saturated carbocycles. The van der Waals surface area contributed by atoms with E-state index in [0.717, 1.165) is 27.5 Å². The van der Waals surface area contributed by atoms with Gasteiger partial charge in [0, 0.05) is 32.8 Å². The minimum absolute atomic E-state index is 0.324. The van der Waals surface area contributed by atoms with Crippen molar-refractivity contribution in [2.24, 2.45) is 0 Å². The molecule has 2 aliphatic carbocycles. The lowest BCUT2D eigenvalue weighted by molar-refractivity contribution is 0.569. The van der Waals surface area contributed by atoms with Gasteiger partial charge < -0.3 is 8.98 Å². The summed E-state index contributed by atoms with van der Waals surface area (Å²) in [6, 6.07) is 54.0. The summed E-state index contributed by atoms with van der Waals surface area (Å²) in [7, 11) is 0. The summed E-state index contributed by atoms with van der Waals surface area (Å²) in [4.78, 5) is 13.4. The van der Waals surface area contributed by atoms with Crippen LogP contribution >= 0.6 is 0 Å². The lowest BCUT2D eigenvalue weighted by Gasteiger charge is -2.30. The molecule has 0 aliphatic heterocycles. The monoisotopic (exact) mass is 599 g/mol. The molecule has 0 bridgehead atoms. The zero-order valence-electron chi connectivity index (χ0n) is 25.2. The normalized spacial score (nSPS) is 13.8. The predicted octanol–water partition coefficient (Wildman–Crippen LogP) is 10.4. The average Bonchev–Trinajstić information content (AvgIpc) is 3.73. The maximum Gasteiger partial charge on any atom is 0.344 e. The van der Waals surface area contributed by atoms with Crippen molar-refractivity contribution in [1.82, 2.24) is 4.57 Å². The number of benzene rings is 7. The summed E-state index contributed by atoms with van der Waals surface area (Å²) in [6.45, 7) is 0. The SMILES string of the molecule is O=c1oc2ccccc2c2ccc(-n3c4ccccc4c4ccc5c(c43)-c3ccccc3C53c4ccccc4-c4ccccc43)cc12. The third kappa shape index (κ3) is 2.95. The molecule has 2 aliphatic rings. The van der Waals surface area contributed by atoms with Crippen LogP contribution in [-0.4, -0.2) is 4.57 Å². The summed E-state index contributed by atoms with van der Waals surface area (Å²) < 4.78 is 8.17. The first-order valence-corrected chi connectivity index (χ1v) is 16.1. The van der Waals surface area contributed by atoms with Crippen LogP contribution < -0.4 is 5.63 Å². The largest absolute Gasteiger partial charge is 0.422 e. The molecular weight excluding hydrogens is 574 g/mol. The molecule has 11 rings (SSSR count). The van der Waals surface area contributed by atoms with E-state index in [2.05, 4.69) is 126 Å². The van der Waals surface area contributed by atoms with Gasteiger partial charge in [0.05, 0.1) is 21.8 Å². The second kappa shape index (κ2) is 8.74. The Kier molecular flexibility index (Phi) is 4.66. The fraction of sp³-hybridized carbons (Fsp3) is 0.0227. The molecule has 9 aromatic rings. The van der Waals surface area contributed by atoms with E-state index in [-0.39, 0.29) is 5.63 Å². The van der Waals surface area contributed by atoms with Gasteiger partial charge in [-0.3, -0.25) is 0 Å². The lowest BCUT2D eigenvalue weighted by Crippen LogP contribution is -2.25. The van der Waals surface area contributed by atoms with E-state index in [0.29, 0.717) is 11.0 Å². The molecule has 218 valence electrons. The maximum absolute atomic E-state index is 13.4. The summed E-state index contributed by atoms with van der Waals surface area (Å²) in [5, 5.41) is 4.79. The van der Waals surface area contributed by atoms with E-state index in [1.165, 1.54) is 55.3 Å². The molecule has 0 unspecified atom stereocenters. The number of aromatic nitrogens is 1. The molecule has 2 aromatic heterocycles. The van der Waals surface area contributed by atoms with Gasteiger partial charge in [0.15, 0.2) is 0 Å². The zero-order valence-corrected chi connectivity index (χ0v) is 25.2. The van der Waals surface area contributed by atoms with E-state index in [1.54, 1.807) is 0 Å². The summed E-state index contributed by atoms with van der Waals surface area (Å²) in [6.07, 6.45) is 0. The van der Waals surface area contributed by atoms with Gasteiger partial charge in [-0.15, -0.1) is 0 Å². The Morgan fingerprint density at radius 2 is 1.06 bits per heavy atom. The van der Waals surface area contributed by atoms with Crippen molar-refractivity contribution in [3.8, 4) is 27.9 Å². The number of fused-ring (bicyclic) bond motifs is 17. The van der Waals surface area contributed by atoms with E-state index >= 15 is 0 Å². The molecule has 3 heteroatoms. The second-order valence-corrected chi connectivity index (χ2v) is 12.7. The number of rotatable bonds is 1. The van der Waals surface area contributed by atoms with Crippen LogP contribution in [-0.2, 0) is 5.41 Å². The zero-order chi connectivity index (χ0) is 30.9. The van der Waals surface area contributed by atoms with Crippen LogP contribution in [0.15, 0.2) is 161 Å². The molecule has 0 radical (unpaired) electrons. The summed E-state index contributed by atoms with van der Waals surface area (Å²) in [5.41, 5.74) is 13.4. The predicted molar refractivity (Wildman–Crippen MR) is 191 cm³/mol. The van der Waals surface area contributed by atoms with E-state index in [9.17, 15) is 4.79 Å². The molecule has 3 nitrogen and oxygen atoms in total. The van der Waals surface area contributed by atoms with Gasteiger partial charge in [0.2, 0.25) is 0 Å². The van der Waals surface area contributed by atoms with Crippen molar-refractivity contribution in [3.63, 3.8) is 0 Å². The summed E-state index contributed by atoms with van der Waals surface area (Å²) >= 11 is 0. The minimum Gasteiger partial charge on any atom is -0.422 e. The van der Waals surface area contributed by atoms with Gasteiger partial charge in [-0.2, -0.15) is 0 Å². The van der Waals surface area contributed by atoms with Gasteiger partial charge in [-0.05, 0) is 63.2 Å². The first kappa shape index (κ1) is 25.1. The Balaban J connectivity index is 1.32. The number of hydrogen-bond donors (Lipinski definition) is 0. The molecule has 0 atom stereocenters. The smallest absolute Gasteiger partial charge is 0.344 e. The van der Waals surface area contributed by atoms with Crippen molar-refractivity contribution in [3.05, 3.63) is 184 Å². The highest BCUT2D eigenvalue weighted by Crippen LogP contribution is 2.64. The highest BCUT2D eigenvalue weighted by molar-refractivity contribution is 6.17. The van der Waals surface area contributed by atoms with Crippen LogP contribution in [0.5, 0.6) is 0 Å². The molecule has 0 saturated heterocycles. The Hall–Kier alpha value is -6.19. The van der Waals surface area contributed by atoms with Crippen LogP contribution in [0.2, 0.25) is 0 Å². The Labute approximate surface area is 269 Å². The third-order valence-electron chi connectivity index (χ3n) is 10.7. The summed E-state index contributed by atoms with van der Waals surface area (Å²) in [5.74, 6) is 0. The second-order valence-electron chi connectivity index (χ2n) is 12.7. The minimum atomic E-state index is -0.433. The van der Waals surface area contributed by atoms with E-state index in [4.69, 9.17) is 4.42 Å². The van der Waals surface area contributed by atoms with Crippen molar-refractivity contribution in [2.45, 2.75) is 5.41 Å². The van der Waals surface area contributed by atoms with Crippen LogP contribution in [0.25, 0.3) is 71.5 Å². The molecule has 0 N–H and O–H groups in total. The first-order chi connectivity index (χ1) is 23.2. The Bertz CT molecular complexity index is 2840. The van der Waals surface area contributed by atoms with Crippen LogP contribution in [0.3, 0.4) is 0 Å². The molecule has 47 heavy (non-hydrogen) atoms. The lowest BCUT2D eigenvalue weighted by atomic mass is 9.70.